The van der Waals surface area contributed by atoms with E-state index in [1.165, 1.54) is 11.3 Å². The Morgan fingerprint density at radius 3 is 2.60 bits per heavy atom. The summed E-state index contributed by atoms with van der Waals surface area (Å²) >= 11 is 0. The maximum absolute atomic E-state index is 6.76. The summed E-state index contributed by atoms with van der Waals surface area (Å²) in [4.78, 5) is 21.0. The first kappa shape index (κ1) is 20.5. The Morgan fingerprint density at radius 1 is 0.943 bits per heavy atom. The molecule has 1 spiro atoms. The molecule has 1 fully saturated rings. The molecule has 35 heavy (non-hydrogen) atoms. The number of piperidine rings is 1. The predicted octanol–water partition coefficient (Wildman–Crippen LogP) is 3.89. The SMILES string of the molecule is Cc1nc(N2CCC3(CC2)Cc2ncccc2[C@H]3N)c2ccnn2c1-c1ccc2nccnc2c1. The molecule has 174 valence electrons. The molecular weight excluding hydrogens is 436 g/mol. The van der Waals surface area contributed by atoms with Crippen molar-refractivity contribution in [2.45, 2.75) is 32.2 Å². The van der Waals surface area contributed by atoms with Crippen LogP contribution in [0.1, 0.15) is 35.8 Å². The minimum Gasteiger partial charge on any atom is -0.355 e. The van der Waals surface area contributed by atoms with Crippen LogP contribution in [0.2, 0.25) is 0 Å². The molecule has 1 saturated heterocycles. The second-order valence-corrected chi connectivity index (χ2v) is 9.80. The van der Waals surface area contributed by atoms with E-state index in [4.69, 9.17) is 10.7 Å². The highest BCUT2D eigenvalue weighted by Gasteiger charge is 2.46. The number of hydrogen-bond donors (Lipinski definition) is 1. The zero-order chi connectivity index (χ0) is 23.6. The molecule has 5 aromatic rings. The fourth-order valence-corrected chi connectivity index (χ4v) is 6.05. The molecule has 5 heterocycles. The van der Waals surface area contributed by atoms with E-state index in [1.54, 1.807) is 12.4 Å². The molecular formula is C27H26N8. The van der Waals surface area contributed by atoms with E-state index in [0.29, 0.717) is 0 Å². The lowest BCUT2D eigenvalue weighted by molar-refractivity contribution is 0.187. The van der Waals surface area contributed by atoms with Crippen molar-refractivity contribution in [3.63, 3.8) is 0 Å². The molecule has 0 radical (unpaired) electrons. The Hall–Kier alpha value is -3.91. The lowest BCUT2D eigenvalue weighted by Crippen LogP contribution is -2.44. The quantitative estimate of drug-likeness (QED) is 0.425. The van der Waals surface area contributed by atoms with Crippen molar-refractivity contribution in [1.29, 1.82) is 0 Å². The van der Waals surface area contributed by atoms with Gasteiger partial charge in [0, 0.05) is 49.0 Å². The Bertz CT molecular complexity index is 1580. The number of pyridine rings is 1. The lowest BCUT2D eigenvalue weighted by Gasteiger charge is -2.42. The number of nitrogens with two attached hydrogens (primary N) is 1. The van der Waals surface area contributed by atoms with Gasteiger partial charge in [-0.3, -0.25) is 15.0 Å². The number of benzene rings is 1. The van der Waals surface area contributed by atoms with E-state index in [1.807, 2.05) is 29.0 Å². The fraction of sp³-hybridized carbons (Fsp3) is 0.296. The monoisotopic (exact) mass is 462 g/mol. The van der Waals surface area contributed by atoms with Gasteiger partial charge in [-0.15, -0.1) is 0 Å². The number of hydrogen-bond acceptors (Lipinski definition) is 7. The Kier molecular flexibility index (Phi) is 4.41. The number of anilines is 1. The van der Waals surface area contributed by atoms with Gasteiger partial charge in [-0.25, -0.2) is 9.50 Å². The first-order chi connectivity index (χ1) is 17.1. The molecule has 0 bridgehead atoms. The van der Waals surface area contributed by atoms with Crippen molar-refractivity contribution in [3.8, 4) is 11.3 Å². The summed E-state index contributed by atoms with van der Waals surface area (Å²) < 4.78 is 2.01. The Morgan fingerprint density at radius 2 is 1.77 bits per heavy atom. The van der Waals surface area contributed by atoms with E-state index in [9.17, 15) is 0 Å². The highest BCUT2D eigenvalue weighted by molar-refractivity contribution is 5.82. The first-order valence-corrected chi connectivity index (χ1v) is 12.1. The van der Waals surface area contributed by atoms with Gasteiger partial charge in [0.2, 0.25) is 0 Å². The molecule has 1 atom stereocenters. The molecule has 4 aromatic heterocycles. The summed E-state index contributed by atoms with van der Waals surface area (Å²) in [7, 11) is 0. The van der Waals surface area contributed by atoms with E-state index < -0.39 is 0 Å². The smallest absolute Gasteiger partial charge is 0.155 e. The normalized spacial score (nSPS) is 19.0. The molecule has 7 rings (SSSR count). The van der Waals surface area contributed by atoms with Crippen LogP contribution in [0.4, 0.5) is 5.82 Å². The van der Waals surface area contributed by atoms with Crippen LogP contribution < -0.4 is 10.6 Å². The van der Waals surface area contributed by atoms with Crippen LogP contribution >= 0.6 is 0 Å². The van der Waals surface area contributed by atoms with E-state index in [2.05, 4.69) is 56.1 Å². The maximum Gasteiger partial charge on any atom is 0.155 e. The van der Waals surface area contributed by atoms with Crippen molar-refractivity contribution in [1.82, 2.24) is 29.5 Å². The van der Waals surface area contributed by atoms with E-state index in [-0.39, 0.29) is 11.5 Å². The molecule has 2 aliphatic rings. The number of rotatable bonds is 2. The Balaban J connectivity index is 1.23. The highest BCUT2D eigenvalue weighted by Crippen LogP contribution is 2.50. The van der Waals surface area contributed by atoms with Crippen molar-refractivity contribution < 1.29 is 0 Å². The summed E-state index contributed by atoms with van der Waals surface area (Å²) in [5, 5.41) is 4.69. The van der Waals surface area contributed by atoms with Gasteiger partial charge >= 0.3 is 0 Å². The molecule has 8 nitrogen and oxygen atoms in total. The van der Waals surface area contributed by atoms with Crippen LogP contribution in [0, 0.1) is 12.3 Å². The van der Waals surface area contributed by atoms with E-state index >= 15 is 0 Å². The third-order valence-corrected chi connectivity index (χ3v) is 7.94. The fourth-order valence-electron chi connectivity index (χ4n) is 6.05. The topological polar surface area (TPSA) is 98.1 Å². The van der Waals surface area contributed by atoms with Gasteiger partial charge in [0.1, 0.15) is 5.52 Å². The lowest BCUT2D eigenvalue weighted by atomic mass is 9.73. The van der Waals surface area contributed by atoms with Crippen LogP contribution in [0.25, 0.3) is 27.8 Å². The second-order valence-electron chi connectivity index (χ2n) is 9.80. The zero-order valence-corrected chi connectivity index (χ0v) is 19.6. The van der Waals surface area contributed by atoms with Gasteiger partial charge in [0.05, 0.1) is 28.6 Å². The maximum atomic E-state index is 6.76. The minimum atomic E-state index is 0.0522. The number of fused-ring (bicyclic) bond motifs is 3. The minimum absolute atomic E-state index is 0.0522. The Labute approximate surface area is 202 Å². The number of aryl methyl sites for hydroxylation is 1. The van der Waals surface area contributed by atoms with Crippen molar-refractivity contribution in [3.05, 3.63) is 78.1 Å². The van der Waals surface area contributed by atoms with Crippen molar-refractivity contribution >= 4 is 22.4 Å². The van der Waals surface area contributed by atoms with Gasteiger partial charge < -0.3 is 10.6 Å². The third-order valence-electron chi connectivity index (χ3n) is 7.94. The average molecular weight is 463 g/mol. The first-order valence-electron chi connectivity index (χ1n) is 12.1. The van der Waals surface area contributed by atoms with Crippen LogP contribution in [-0.4, -0.2) is 42.6 Å². The molecule has 2 N–H and O–H groups in total. The van der Waals surface area contributed by atoms with Gasteiger partial charge in [-0.05, 0) is 61.4 Å². The molecule has 1 aliphatic carbocycles. The molecule has 8 heteroatoms. The van der Waals surface area contributed by atoms with Crippen molar-refractivity contribution in [2.75, 3.05) is 18.0 Å². The summed E-state index contributed by atoms with van der Waals surface area (Å²) in [5.74, 6) is 0.987. The predicted molar refractivity (Wildman–Crippen MR) is 135 cm³/mol. The molecule has 1 aromatic carbocycles. The van der Waals surface area contributed by atoms with Crippen LogP contribution in [0.5, 0.6) is 0 Å². The molecule has 0 saturated carbocycles. The van der Waals surface area contributed by atoms with Crippen LogP contribution in [0.15, 0.2) is 61.2 Å². The summed E-state index contributed by atoms with van der Waals surface area (Å²) in [6, 6.07) is 12.4. The largest absolute Gasteiger partial charge is 0.355 e. The third kappa shape index (κ3) is 3.06. The molecule has 0 unspecified atom stereocenters. The second kappa shape index (κ2) is 7.55. The van der Waals surface area contributed by atoms with Gasteiger partial charge in [0.15, 0.2) is 5.82 Å². The summed E-state index contributed by atoms with van der Waals surface area (Å²) in [6.45, 7) is 3.89. The van der Waals surface area contributed by atoms with Gasteiger partial charge in [0.25, 0.3) is 0 Å². The molecule has 1 aliphatic heterocycles. The number of nitrogens with zero attached hydrogens (tertiary/aromatic N) is 7. The van der Waals surface area contributed by atoms with Gasteiger partial charge in [-0.1, -0.05) is 12.1 Å². The standard InChI is InChI=1S/C27H26N8/c1-17-24(18-4-5-20-21(15-18)31-12-11-30-20)35-23(6-10-32-35)26(33-17)34-13-7-27(8-14-34)16-22-19(25(27)28)3-2-9-29-22/h2-6,9-12,15,25H,7-8,13-14,16,28H2,1H3/t25-/m1/s1. The number of aromatic nitrogens is 6. The van der Waals surface area contributed by atoms with Gasteiger partial charge in [-0.2, -0.15) is 5.10 Å². The van der Waals surface area contributed by atoms with Crippen LogP contribution in [0.3, 0.4) is 0 Å². The van der Waals surface area contributed by atoms with E-state index in [0.717, 1.165) is 71.7 Å². The molecule has 0 amide bonds. The summed E-state index contributed by atoms with van der Waals surface area (Å²) in [6.07, 6.45) is 10.2. The van der Waals surface area contributed by atoms with Crippen molar-refractivity contribution in [2.24, 2.45) is 11.1 Å². The van der Waals surface area contributed by atoms with Crippen LogP contribution in [-0.2, 0) is 6.42 Å². The zero-order valence-electron chi connectivity index (χ0n) is 19.6. The average Bonchev–Trinajstić information content (AvgIpc) is 3.47. The summed E-state index contributed by atoms with van der Waals surface area (Å²) in [5.41, 5.74) is 14.9. The highest BCUT2D eigenvalue weighted by atomic mass is 15.3.